The molecule has 1 N–H and O–H groups in total. The molecule has 0 unspecified atom stereocenters. The molecular formula is C23H31N3O3. The smallest absolute Gasteiger partial charge is 0.250 e. The molecule has 0 bridgehead atoms. The van der Waals surface area contributed by atoms with Gasteiger partial charge in [0.15, 0.2) is 0 Å². The van der Waals surface area contributed by atoms with Gasteiger partial charge in [0.1, 0.15) is 5.54 Å². The van der Waals surface area contributed by atoms with Crippen molar-refractivity contribution in [3.05, 3.63) is 29.8 Å². The Balaban J connectivity index is 1.41. The van der Waals surface area contributed by atoms with E-state index in [2.05, 4.69) is 10.2 Å². The molecule has 1 spiro atoms. The molecule has 4 aliphatic heterocycles. The summed E-state index contributed by atoms with van der Waals surface area (Å²) in [6.45, 7) is 3.31. The van der Waals surface area contributed by atoms with E-state index < -0.39 is 5.54 Å². The van der Waals surface area contributed by atoms with Gasteiger partial charge in [-0.1, -0.05) is 18.2 Å². The van der Waals surface area contributed by atoms with Crippen LogP contribution in [0.25, 0.3) is 0 Å². The van der Waals surface area contributed by atoms with Gasteiger partial charge in [0.25, 0.3) is 0 Å². The van der Waals surface area contributed by atoms with Crippen molar-refractivity contribution in [1.82, 2.24) is 9.80 Å². The van der Waals surface area contributed by atoms with Crippen LogP contribution in [0, 0.1) is 11.8 Å². The van der Waals surface area contributed by atoms with Crippen molar-refractivity contribution in [3.63, 3.8) is 0 Å². The van der Waals surface area contributed by atoms with E-state index in [0.29, 0.717) is 12.0 Å². The van der Waals surface area contributed by atoms with Crippen LogP contribution in [0.2, 0.25) is 0 Å². The van der Waals surface area contributed by atoms with Gasteiger partial charge in [-0.05, 0) is 57.1 Å². The highest BCUT2D eigenvalue weighted by Crippen LogP contribution is 2.55. The van der Waals surface area contributed by atoms with E-state index >= 15 is 0 Å². The zero-order valence-electron chi connectivity index (χ0n) is 17.2. The standard InChI is InChI=1S/C23H31N3O3/c1-25(12-8-16-9-13-29-14-10-16)21(27)19-15-17-5-4-11-26(17)23(19)18-6-2-3-7-20(18)24-22(23)28/h2-3,6-7,16-17,19H,4-5,8-15H2,1H3,(H,24,28)/t17-,19-,23+/m1/s1. The molecule has 0 radical (unpaired) electrons. The van der Waals surface area contributed by atoms with Crippen molar-refractivity contribution >= 4 is 17.5 Å². The number of nitrogens with one attached hydrogen (secondary N) is 1. The van der Waals surface area contributed by atoms with E-state index in [4.69, 9.17) is 4.74 Å². The summed E-state index contributed by atoms with van der Waals surface area (Å²) in [6, 6.07) is 8.26. The quantitative estimate of drug-likeness (QED) is 0.848. The van der Waals surface area contributed by atoms with E-state index in [1.807, 2.05) is 36.2 Å². The number of rotatable bonds is 4. The first-order chi connectivity index (χ1) is 14.1. The van der Waals surface area contributed by atoms with Gasteiger partial charge in [-0.3, -0.25) is 14.5 Å². The van der Waals surface area contributed by atoms with Crippen molar-refractivity contribution in [3.8, 4) is 0 Å². The minimum Gasteiger partial charge on any atom is -0.381 e. The maximum absolute atomic E-state index is 13.7. The van der Waals surface area contributed by atoms with Gasteiger partial charge in [0, 0.05) is 44.1 Å². The summed E-state index contributed by atoms with van der Waals surface area (Å²) < 4.78 is 5.46. The highest BCUT2D eigenvalue weighted by molar-refractivity contribution is 6.09. The molecule has 2 amide bonds. The lowest BCUT2D eigenvalue weighted by atomic mass is 9.78. The Hall–Kier alpha value is -1.92. The first-order valence-electron chi connectivity index (χ1n) is 11.1. The maximum atomic E-state index is 13.7. The fourth-order valence-corrected chi connectivity index (χ4v) is 6.15. The Morgan fingerprint density at radius 2 is 2.07 bits per heavy atom. The Labute approximate surface area is 172 Å². The molecule has 156 valence electrons. The number of benzene rings is 1. The van der Waals surface area contributed by atoms with Gasteiger partial charge in [-0.25, -0.2) is 0 Å². The van der Waals surface area contributed by atoms with Gasteiger partial charge in [-0.2, -0.15) is 0 Å². The number of nitrogens with zero attached hydrogens (tertiary/aromatic N) is 2. The minimum absolute atomic E-state index is 0.0146. The second-order valence-corrected chi connectivity index (χ2v) is 9.15. The van der Waals surface area contributed by atoms with Gasteiger partial charge in [0.2, 0.25) is 11.8 Å². The average molecular weight is 398 g/mol. The number of fused-ring (bicyclic) bond motifs is 4. The molecule has 0 aromatic heterocycles. The van der Waals surface area contributed by atoms with E-state index in [0.717, 1.165) is 76.1 Å². The van der Waals surface area contributed by atoms with Crippen molar-refractivity contribution in [2.75, 3.05) is 38.7 Å². The summed E-state index contributed by atoms with van der Waals surface area (Å²) >= 11 is 0. The van der Waals surface area contributed by atoms with Crippen LogP contribution in [0.5, 0.6) is 0 Å². The SMILES string of the molecule is CN(CCC1CCOCC1)C(=O)[C@H]1C[C@H]2CCCN2[C@]12C(=O)Nc1ccccc12. The Morgan fingerprint density at radius 3 is 2.90 bits per heavy atom. The van der Waals surface area contributed by atoms with Gasteiger partial charge in [0.05, 0.1) is 5.92 Å². The van der Waals surface area contributed by atoms with Crippen LogP contribution in [0.1, 0.15) is 44.1 Å². The monoisotopic (exact) mass is 397 g/mol. The molecule has 0 saturated carbocycles. The van der Waals surface area contributed by atoms with Crippen molar-refractivity contribution in [2.45, 2.75) is 50.1 Å². The Morgan fingerprint density at radius 1 is 1.28 bits per heavy atom. The summed E-state index contributed by atoms with van der Waals surface area (Å²) in [5.74, 6) is 0.434. The zero-order valence-corrected chi connectivity index (χ0v) is 17.2. The zero-order chi connectivity index (χ0) is 20.0. The fourth-order valence-electron chi connectivity index (χ4n) is 6.15. The molecule has 3 atom stereocenters. The fraction of sp³-hybridized carbons (Fsp3) is 0.652. The summed E-state index contributed by atoms with van der Waals surface area (Å²) in [7, 11) is 1.91. The number of para-hydroxylation sites is 1. The third kappa shape index (κ3) is 2.91. The van der Waals surface area contributed by atoms with Crippen LogP contribution in [0.4, 0.5) is 5.69 Å². The molecule has 1 aromatic carbocycles. The summed E-state index contributed by atoms with van der Waals surface area (Å²) in [5.41, 5.74) is 1.03. The third-order valence-electron chi connectivity index (χ3n) is 7.66. The summed E-state index contributed by atoms with van der Waals surface area (Å²) in [4.78, 5) is 31.3. The normalized spacial score (nSPS) is 31.7. The predicted octanol–water partition coefficient (Wildman–Crippen LogP) is 2.59. The highest BCUT2D eigenvalue weighted by atomic mass is 16.5. The lowest BCUT2D eigenvalue weighted by Crippen LogP contribution is -2.54. The molecule has 6 nitrogen and oxygen atoms in total. The topological polar surface area (TPSA) is 61.9 Å². The number of amides is 2. The van der Waals surface area contributed by atoms with E-state index in [1.54, 1.807) is 0 Å². The number of hydrogen-bond donors (Lipinski definition) is 1. The van der Waals surface area contributed by atoms with Gasteiger partial charge < -0.3 is 15.0 Å². The van der Waals surface area contributed by atoms with Crippen LogP contribution in [0.15, 0.2) is 24.3 Å². The second kappa shape index (κ2) is 7.40. The molecule has 3 fully saturated rings. The minimum atomic E-state index is -0.832. The molecule has 3 saturated heterocycles. The number of hydrogen-bond acceptors (Lipinski definition) is 4. The van der Waals surface area contributed by atoms with Gasteiger partial charge in [-0.15, -0.1) is 0 Å². The lowest BCUT2D eigenvalue weighted by Gasteiger charge is -2.38. The molecular weight excluding hydrogens is 366 g/mol. The molecule has 29 heavy (non-hydrogen) atoms. The number of ether oxygens (including phenoxy) is 1. The van der Waals surface area contributed by atoms with E-state index in [9.17, 15) is 9.59 Å². The van der Waals surface area contributed by atoms with E-state index in [1.165, 1.54) is 0 Å². The first-order valence-corrected chi connectivity index (χ1v) is 11.1. The maximum Gasteiger partial charge on any atom is 0.250 e. The number of carbonyl (C=O) groups is 2. The van der Waals surface area contributed by atoms with Crippen molar-refractivity contribution in [2.24, 2.45) is 11.8 Å². The van der Waals surface area contributed by atoms with Crippen LogP contribution in [-0.4, -0.2) is 61.0 Å². The molecule has 5 rings (SSSR count). The van der Waals surface area contributed by atoms with Crippen molar-refractivity contribution < 1.29 is 14.3 Å². The second-order valence-electron chi connectivity index (χ2n) is 9.15. The van der Waals surface area contributed by atoms with Crippen LogP contribution in [-0.2, 0) is 19.9 Å². The number of carbonyl (C=O) groups excluding carboxylic acids is 2. The molecule has 4 heterocycles. The molecule has 1 aromatic rings. The summed E-state index contributed by atoms with van der Waals surface area (Å²) in [6.07, 6.45) is 6.14. The number of anilines is 1. The average Bonchev–Trinajstić information content (AvgIpc) is 3.41. The molecule has 6 heteroatoms. The first kappa shape index (κ1) is 19.1. The Kier molecular flexibility index (Phi) is 4.87. The van der Waals surface area contributed by atoms with Crippen LogP contribution >= 0.6 is 0 Å². The molecule has 0 aliphatic carbocycles. The Bertz CT molecular complexity index is 806. The third-order valence-corrected chi connectivity index (χ3v) is 7.66. The van der Waals surface area contributed by atoms with Crippen molar-refractivity contribution in [1.29, 1.82) is 0 Å². The van der Waals surface area contributed by atoms with Gasteiger partial charge >= 0.3 is 0 Å². The summed E-state index contributed by atoms with van der Waals surface area (Å²) in [5, 5.41) is 3.09. The van der Waals surface area contributed by atoms with Crippen LogP contribution < -0.4 is 5.32 Å². The largest absolute Gasteiger partial charge is 0.381 e. The predicted molar refractivity (Wildman–Crippen MR) is 110 cm³/mol. The van der Waals surface area contributed by atoms with E-state index in [-0.39, 0.29) is 17.7 Å². The molecule has 4 aliphatic rings. The highest BCUT2D eigenvalue weighted by Gasteiger charge is 2.65. The van der Waals surface area contributed by atoms with Crippen LogP contribution in [0.3, 0.4) is 0 Å². The lowest BCUT2D eigenvalue weighted by molar-refractivity contribution is -0.143.